The quantitative estimate of drug-likeness (QED) is 0.234. The summed E-state index contributed by atoms with van der Waals surface area (Å²) >= 11 is 0. The smallest absolute Gasteiger partial charge is 0.122 e. The molecule has 0 radical (unpaired) electrons. The van der Waals surface area contributed by atoms with E-state index in [1.807, 2.05) is 0 Å². The molecule has 0 saturated heterocycles. The van der Waals surface area contributed by atoms with Crippen LogP contribution in [0.25, 0.3) is 0 Å². The van der Waals surface area contributed by atoms with Crippen molar-refractivity contribution in [1.29, 1.82) is 0 Å². The first-order valence-electron chi connectivity index (χ1n) is 15.6. The second-order valence-corrected chi connectivity index (χ2v) is 10.9. The van der Waals surface area contributed by atoms with Gasteiger partial charge < -0.3 is 15.3 Å². The molecule has 3 N–H and O–H groups in total. The molecule has 0 bridgehead atoms. The van der Waals surface area contributed by atoms with Gasteiger partial charge in [0.1, 0.15) is 11.5 Å². The zero-order valence-corrected chi connectivity index (χ0v) is 21.4. The molecule has 0 aromatic heterocycles. The van der Waals surface area contributed by atoms with Crippen molar-refractivity contribution in [2.75, 3.05) is 0 Å². The number of hydrogen-bond donors (Lipinski definition) is 3. The van der Waals surface area contributed by atoms with Crippen molar-refractivity contribution >= 4 is 0 Å². The van der Waals surface area contributed by atoms with E-state index in [0.29, 0.717) is 12.3 Å². The first kappa shape index (κ1) is 20.2. The first-order chi connectivity index (χ1) is 17.3. The summed E-state index contributed by atoms with van der Waals surface area (Å²) in [7, 11) is 0. The maximum Gasteiger partial charge on any atom is 0.122 e. The molecule has 0 aliphatic rings. The van der Waals surface area contributed by atoms with E-state index in [1.54, 1.807) is 6.92 Å². The Morgan fingerprint density at radius 2 is 1.28 bits per heavy atom. The standard InChI is InChI=1S/C29H52O3/c1-20(2)12-9-13-21(3)14-10-15-22(4)16-11-18-29(8,32)19-17-26-25(7)27(30)23(5)24(6)28(26)31/h20-22,30-32H,9-19H2,1-8H3/t21-,22-,29-/m1/s1/i5D3,7D3. The SMILES string of the molecule is [2H]C([2H])([2H])c1c(C)c(O)c(CC[C@](C)(O)CCC[C@H](C)CCC[C@H](C)CCCC(C)C)c(C([2H])([2H])[2H])c1O. The van der Waals surface area contributed by atoms with Crippen LogP contribution in [-0.4, -0.2) is 20.9 Å². The van der Waals surface area contributed by atoms with E-state index in [0.717, 1.165) is 24.7 Å². The van der Waals surface area contributed by atoms with Crippen LogP contribution in [0.3, 0.4) is 0 Å². The molecule has 0 saturated carbocycles. The zero-order valence-electron chi connectivity index (χ0n) is 27.4. The molecule has 3 atom stereocenters. The van der Waals surface area contributed by atoms with E-state index in [4.69, 9.17) is 8.22 Å². The molecule has 0 heterocycles. The molecule has 0 aliphatic carbocycles. The second-order valence-electron chi connectivity index (χ2n) is 10.9. The Morgan fingerprint density at radius 3 is 1.81 bits per heavy atom. The van der Waals surface area contributed by atoms with Crippen LogP contribution in [-0.2, 0) is 6.42 Å². The molecule has 32 heavy (non-hydrogen) atoms. The van der Waals surface area contributed by atoms with Crippen LogP contribution in [0.2, 0.25) is 0 Å². The molecule has 0 spiro atoms. The molecule has 1 aromatic rings. The van der Waals surface area contributed by atoms with E-state index < -0.39 is 41.9 Å². The summed E-state index contributed by atoms with van der Waals surface area (Å²) in [6.07, 6.45) is 10.1. The third-order valence-corrected chi connectivity index (χ3v) is 6.99. The van der Waals surface area contributed by atoms with Gasteiger partial charge in [0.2, 0.25) is 0 Å². The minimum absolute atomic E-state index is 0.00644. The van der Waals surface area contributed by atoms with Crippen LogP contribution in [0.1, 0.15) is 129 Å². The van der Waals surface area contributed by atoms with Crippen LogP contribution in [0.15, 0.2) is 0 Å². The fourth-order valence-corrected chi connectivity index (χ4v) is 4.48. The fraction of sp³-hybridized carbons (Fsp3) is 0.793. The summed E-state index contributed by atoms with van der Waals surface area (Å²) in [5, 5.41) is 32.4. The summed E-state index contributed by atoms with van der Waals surface area (Å²) in [5.74, 6) is 0.828. The predicted octanol–water partition coefficient (Wildman–Crippen LogP) is 8.15. The largest absolute Gasteiger partial charge is 0.507 e. The average molecular weight is 455 g/mol. The Hall–Kier alpha value is -1.22. The van der Waals surface area contributed by atoms with Gasteiger partial charge >= 0.3 is 0 Å². The number of phenols is 2. The number of rotatable bonds is 15. The molecule has 0 fully saturated rings. The average Bonchev–Trinajstić information content (AvgIpc) is 2.73. The van der Waals surface area contributed by atoms with Crippen molar-refractivity contribution in [2.45, 2.75) is 131 Å². The Kier molecular flexibility index (Phi) is 8.50. The van der Waals surface area contributed by atoms with Crippen LogP contribution in [0.5, 0.6) is 11.5 Å². The van der Waals surface area contributed by atoms with Gasteiger partial charge in [-0.25, -0.2) is 0 Å². The van der Waals surface area contributed by atoms with E-state index in [2.05, 4.69) is 27.7 Å². The Bertz CT molecular complexity index is 875. The highest BCUT2D eigenvalue weighted by Crippen LogP contribution is 2.38. The lowest BCUT2D eigenvalue weighted by atomic mass is 9.86. The molecule has 1 aromatic carbocycles. The number of aromatic hydroxyl groups is 2. The van der Waals surface area contributed by atoms with Gasteiger partial charge in [0, 0.05) is 13.8 Å². The van der Waals surface area contributed by atoms with Crippen LogP contribution in [0, 0.1) is 38.4 Å². The third kappa shape index (κ3) is 9.73. The van der Waals surface area contributed by atoms with E-state index in [9.17, 15) is 15.3 Å². The number of benzene rings is 1. The van der Waals surface area contributed by atoms with Gasteiger partial charge in [-0.2, -0.15) is 0 Å². The number of hydrogen-bond acceptors (Lipinski definition) is 3. The molecule has 0 aliphatic heterocycles. The molecule has 3 nitrogen and oxygen atoms in total. The van der Waals surface area contributed by atoms with Crippen molar-refractivity contribution < 1.29 is 23.5 Å². The van der Waals surface area contributed by atoms with Gasteiger partial charge in [0.25, 0.3) is 0 Å². The van der Waals surface area contributed by atoms with E-state index in [-0.39, 0.29) is 24.0 Å². The highest BCUT2D eigenvalue weighted by Gasteiger charge is 2.23. The molecular formula is C29H52O3. The molecule has 186 valence electrons. The Morgan fingerprint density at radius 1 is 0.750 bits per heavy atom. The minimum atomic E-state index is -2.82. The van der Waals surface area contributed by atoms with E-state index >= 15 is 0 Å². The molecule has 0 unspecified atom stereocenters. The van der Waals surface area contributed by atoms with Crippen molar-refractivity contribution in [3.8, 4) is 11.5 Å². The van der Waals surface area contributed by atoms with Gasteiger partial charge in [-0.1, -0.05) is 79.1 Å². The maximum atomic E-state index is 11.0. The first-order valence-corrected chi connectivity index (χ1v) is 12.6. The van der Waals surface area contributed by atoms with Crippen molar-refractivity contribution in [3.63, 3.8) is 0 Å². The minimum Gasteiger partial charge on any atom is -0.507 e. The van der Waals surface area contributed by atoms with Gasteiger partial charge in [0.05, 0.1) is 5.60 Å². The van der Waals surface area contributed by atoms with E-state index in [1.165, 1.54) is 45.4 Å². The van der Waals surface area contributed by atoms with Gasteiger partial charge in [-0.05, 0) is 81.3 Å². The molecular weight excluding hydrogens is 396 g/mol. The van der Waals surface area contributed by atoms with Crippen molar-refractivity contribution in [3.05, 3.63) is 22.3 Å². The normalized spacial score (nSPS) is 19.2. The predicted molar refractivity (Wildman–Crippen MR) is 138 cm³/mol. The zero-order chi connectivity index (χ0) is 29.5. The lowest BCUT2D eigenvalue weighted by Gasteiger charge is -2.25. The Balaban J connectivity index is 2.71. The summed E-state index contributed by atoms with van der Waals surface area (Å²) in [4.78, 5) is 0. The fourth-order valence-electron chi connectivity index (χ4n) is 4.48. The van der Waals surface area contributed by atoms with Crippen LogP contribution >= 0.6 is 0 Å². The van der Waals surface area contributed by atoms with Crippen molar-refractivity contribution in [1.82, 2.24) is 0 Å². The van der Waals surface area contributed by atoms with Crippen LogP contribution < -0.4 is 0 Å². The molecule has 1 rings (SSSR count). The monoisotopic (exact) mass is 454 g/mol. The third-order valence-electron chi connectivity index (χ3n) is 6.99. The van der Waals surface area contributed by atoms with Crippen LogP contribution in [0.4, 0.5) is 0 Å². The van der Waals surface area contributed by atoms with Gasteiger partial charge in [-0.15, -0.1) is 0 Å². The van der Waals surface area contributed by atoms with Gasteiger partial charge in [0.15, 0.2) is 0 Å². The van der Waals surface area contributed by atoms with Crippen molar-refractivity contribution in [2.24, 2.45) is 17.8 Å². The Labute approximate surface area is 207 Å². The highest BCUT2D eigenvalue weighted by molar-refractivity contribution is 5.56. The summed E-state index contributed by atoms with van der Waals surface area (Å²) in [6, 6.07) is 0. The van der Waals surface area contributed by atoms with Gasteiger partial charge in [-0.3, -0.25) is 0 Å². The molecule has 3 heteroatoms. The maximum absolute atomic E-state index is 11.0. The lowest BCUT2D eigenvalue weighted by molar-refractivity contribution is 0.0384. The highest BCUT2D eigenvalue weighted by atomic mass is 16.3. The summed E-state index contributed by atoms with van der Waals surface area (Å²) in [5.41, 5.74) is -2.27. The summed E-state index contributed by atoms with van der Waals surface area (Å²) < 4.78 is 46.6. The number of aliphatic hydroxyl groups is 1. The molecule has 0 amide bonds. The topological polar surface area (TPSA) is 60.7 Å². The lowest BCUT2D eigenvalue weighted by Crippen LogP contribution is -2.25. The summed E-state index contributed by atoms with van der Waals surface area (Å²) in [6.45, 7) is 6.59. The second kappa shape index (κ2) is 13.5. The number of phenolic OH excluding ortho intramolecular Hbond substituents is 2.